The van der Waals surface area contributed by atoms with Crippen LogP contribution in [-0.4, -0.2) is 6.18 Å². The second-order valence-corrected chi connectivity index (χ2v) is 5.81. The second-order valence-electron chi connectivity index (χ2n) is 5.81. The fourth-order valence-corrected chi connectivity index (χ4v) is 3.25. The Morgan fingerprint density at radius 2 is 2.00 bits per heavy atom. The van der Waals surface area contributed by atoms with Crippen molar-refractivity contribution in [1.82, 2.24) is 5.43 Å². The average Bonchev–Trinajstić information content (AvgIpc) is 2.43. The minimum Gasteiger partial charge on any atom is -0.271 e. The number of benzene rings is 1. The number of aryl methyl sites for hydroxylation is 1. The van der Waals surface area contributed by atoms with Crippen LogP contribution in [0.3, 0.4) is 0 Å². The molecule has 3 atom stereocenters. The standard InChI is InChI=1S/C15H20F4N2/c1-9-5-6-12(16)8-13(9)14(21-20)10-3-2-4-11(7-10)15(17,18)19/h5-6,8,10-11,14,21H,2-4,7,20H2,1H3. The van der Waals surface area contributed by atoms with Gasteiger partial charge in [-0.3, -0.25) is 11.3 Å². The predicted octanol–water partition coefficient (Wildman–Crippen LogP) is 4.01. The fraction of sp³-hybridized carbons (Fsp3) is 0.600. The molecule has 21 heavy (non-hydrogen) atoms. The number of nitrogens with one attached hydrogen (secondary N) is 1. The predicted molar refractivity (Wildman–Crippen MR) is 72.7 cm³/mol. The first kappa shape index (κ1) is 16.2. The Kier molecular flexibility index (Phi) is 4.88. The molecule has 0 spiro atoms. The van der Waals surface area contributed by atoms with Crippen molar-refractivity contribution in [1.29, 1.82) is 0 Å². The molecule has 1 saturated carbocycles. The van der Waals surface area contributed by atoms with Crippen LogP contribution >= 0.6 is 0 Å². The molecule has 1 aromatic carbocycles. The molecule has 0 aromatic heterocycles. The highest BCUT2D eigenvalue weighted by molar-refractivity contribution is 5.30. The topological polar surface area (TPSA) is 38.0 Å². The summed E-state index contributed by atoms with van der Waals surface area (Å²) in [5.74, 6) is 3.62. The highest BCUT2D eigenvalue weighted by Gasteiger charge is 2.43. The number of halogens is 4. The van der Waals surface area contributed by atoms with Crippen LogP contribution in [0.25, 0.3) is 0 Å². The highest BCUT2D eigenvalue weighted by atomic mass is 19.4. The lowest BCUT2D eigenvalue weighted by Crippen LogP contribution is -2.38. The Hall–Kier alpha value is -1.14. The van der Waals surface area contributed by atoms with Crippen LogP contribution in [0.15, 0.2) is 18.2 Å². The summed E-state index contributed by atoms with van der Waals surface area (Å²) in [5, 5.41) is 0. The number of nitrogens with two attached hydrogens (primary N) is 1. The summed E-state index contributed by atoms with van der Waals surface area (Å²) in [6.07, 6.45) is -2.79. The van der Waals surface area contributed by atoms with Crippen LogP contribution in [0, 0.1) is 24.6 Å². The van der Waals surface area contributed by atoms with Crippen molar-refractivity contribution < 1.29 is 17.6 Å². The Morgan fingerprint density at radius 3 is 2.62 bits per heavy atom. The average molecular weight is 304 g/mol. The molecule has 2 nitrogen and oxygen atoms in total. The van der Waals surface area contributed by atoms with Crippen molar-refractivity contribution in [3.63, 3.8) is 0 Å². The SMILES string of the molecule is Cc1ccc(F)cc1C(NN)C1CCCC(C(F)(F)F)C1. The summed E-state index contributed by atoms with van der Waals surface area (Å²) in [6, 6.07) is 3.87. The third-order valence-electron chi connectivity index (χ3n) is 4.40. The van der Waals surface area contributed by atoms with E-state index in [4.69, 9.17) is 5.84 Å². The molecule has 1 fully saturated rings. The molecular weight excluding hydrogens is 284 g/mol. The van der Waals surface area contributed by atoms with E-state index < -0.39 is 24.0 Å². The zero-order chi connectivity index (χ0) is 15.6. The van der Waals surface area contributed by atoms with E-state index in [1.54, 1.807) is 6.07 Å². The molecule has 2 rings (SSSR count). The van der Waals surface area contributed by atoms with Gasteiger partial charge < -0.3 is 0 Å². The van der Waals surface area contributed by atoms with Crippen LogP contribution in [0.5, 0.6) is 0 Å². The molecule has 0 radical (unpaired) electrons. The van der Waals surface area contributed by atoms with Crippen molar-refractivity contribution >= 4 is 0 Å². The maximum absolute atomic E-state index is 13.4. The highest BCUT2D eigenvalue weighted by Crippen LogP contribution is 2.44. The lowest BCUT2D eigenvalue weighted by Gasteiger charge is -2.35. The summed E-state index contributed by atoms with van der Waals surface area (Å²) >= 11 is 0. The molecule has 6 heteroatoms. The third kappa shape index (κ3) is 3.74. The van der Waals surface area contributed by atoms with Gasteiger partial charge in [-0.1, -0.05) is 12.5 Å². The van der Waals surface area contributed by atoms with Crippen molar-refractivity contribution in [2.45, 2.75) is 44.8 Å². The molecule has 0 saturated heterocycles. The van der Waals surface area contributed by atoms with E-state index in [1.807, 2.05) is 6.92 Å². The molecule has 0 heterocycles. The van der Waals surface area contributed by atoms with Crippen LogP contribution in [0.2, 0.25) is 0 Å². The van der Waals surface area contributed by atoms with Crippen LogP contribution in [0.4, 0.5) is 17.6 Å². The molecule has 0 aliphatic heterocycles. The Bertz CT molecular complexity index is 487. The van der Waals surface area contributed by atoms with Gasteiger partial charge in [-0.05, 0) is 55.4 Å². The zero-order valence-electron chi connectivity index (χ0n) is 11.9. The summed E-state index contributed by atoms with van der Waals surface area (Å²) in [4.78, 5) is 0. The molecular formula is C15H20F4N2. The first-order chi connectivity index (χ1) is 9.82. The first-order valence-electron chi connectivity index (χ1n) is 7.11. The number of alkyl halides is 3. The van der Waals surface area contributed by atoms with Gasteiger partial charge in [0.05, 0.1) is 5.92 Å². The van der Waals surface area contributed by atoms with Gasteiger partial charge in [0, 0.05) is 6.04 Å². The lowest BCUT2D eigenvalue weighted by atomic mass is 9.75. The van der Waals surface area contributed by atoms with Crippen LogP contribution in [0.1, 0.15) is 42.9 Å². The third-order valence-corrected chi connectivity index (χ3v) is 4.40. The molecule has 3 N–H and O–H groups in total. The van der Waals surface area contributed by atoms with Crippen molar-refractivity contribution in [2.75, 3.05) is 0 Å². The van der Waals surface area contributed by atoms with E-state index in [2.05, 4.69) is 5.43 Å². The van der Waals surface area contributed by atoms with Gasteiger partial charge in [-0.25, -0.2) is 4.39 Å². The minimum absolute atomic E-state index is 0.0360. The van der Waals surface area contributed by atoms with Gasteiger partial charge in [0.2, 0.25) is 0 Å². The van der Waals surface area contributed by atoms with Gasteiger partial charge in [0.15, 0.2) is 0 Å². The summed E-state index contributed by atoms with van der Waals surface area (Å²) < 4.78 is 52.2. The largest absolute Gasteiger partial charge is 0.391 e. The van der Waals surface area contributed by atoms with E-state index >= 15 is 0 Å². The van der Waals surface area contributed by atoms with Crippen LogP contribution in [-0.2, 0) is 0 Å². The molecule has 1 aliphatic rings. The van der Waals surface area contributed by atoms with E-state index in [-0.39, 0.29) is 18.8 Å². The molecule has 3 unspecified atom stereocenters. The van der Waals surface area contributed by atoms with Crippen molar-refractivity contribution in [3.8, 4) is 0 Å². The summed E-state index contributed by atoms with van der Waals surface area (Å²) in [7, 11) is 0. The van der Waals surface area contributed by atoms with Gasteiger partial charge in [0.1, 0.15) is 5.82 Å². The number of rotatable bonds is 3. The molecule has 0 amide bonds. The Labute approximate surface area is 121 Å². The van der Waals surface area contributed by atoms with Gasteiger partial charge >= 0.3 is 6.18 Å². The normalized spacial score (nSPS) is 24.9. The second kappa shape index (κ2) is 6.32. The summed E-state index contributed by atoms with van der Waals surface area (Å²) in [5.41, 5.74) is 4.07. The zero-order valence-corrected chi connectivity index (χ0v) is 11.9. The molecule has 118 valence electrons. The number of hydrazine groups is 1. The maximum Gasteiger partial charge on any atom is 0.391 e. The van der Waals surface area contributed by atoms with Gasteiger partial charge in [-0.2, -0.15) is 13.2 Å². The van der Waals surface area contributed by atoms with E-state index in [1.165, 1.54) is 12.1 Å². The van der Waals surface area contributed by atoms with Crippen molar-refractivity contribution in [2.24, 2.45) is 17.7 Å². The smallest absolute Gasteiger partial charge is 0.271 e. The lowest BCUT2D eigenvalue weighted by molar-refractivity contribution is -0.186. The minimum atomic E-state index is -4.17. The molecule has 1 aliphatic carbocycles. The number of hydrogen-bond acceptors (Lipinski definition) is 2. The number of hydrogen-bond donors (Lipinski definition) is 2. The monoisotopic (exact) mass is 304 g/mol. The first-order valence-corrected chi connectivity index (χ1v) is 7.11. The quantitative estimate of drug-likeness (QED) is 0.503. The van der Waals surface area contributed by atoms with Gasteiger partial charge in [-0.15, -0.1) is 0 Å². The van der Waals surface area contributed by atoms with Gasteiger partial charge in [0.25, 0.3) is 0 Å². The van der Waals surface area contributed by atoms with E-state index in [0.717, 1.165) is 5.56 Å². The van der Waals surface area contributed by atoms with Crippen LogP contribution < -0.4 is 11.3 Å². The van der Waals surface area contributed by atoms with E-state index in [9.17, 15) is 17.6 Å². The maximum atomic E-state index is 13.4. The Morgan fingerprint density at radius 1 is 1.29 bits per heavy atom. The summed E-state index contributed by atoms with van der Waals surface area (Å²) in [6.45, 7) is 1.81. The fourth-order valence-electron chi connectivity index (χ4n) is 3.25. The Balaban J connectivity index is 2.23. The van der Waals surface area contributed by atoms with E-state index in [0.29, 0.717) is 18.4 Å². The molecule has 0 bridgehead atoms. The van der Waals surface area contributed by atoms with Crippen molar-refractivity contribution in [3.05, 3.63) is 35.1 Å². The molecule has 1 aromatic rings.